The second kappa shape index (κ2) is 13.5. The highest BCUT2D eigenvalue weighted by atomic mass is 31.1. The van der Waals surface area contributed by atoms with E-state index in [1.807, 2.05) is 0 Å². The van der Waals surface area contributed by atoms with Crippen LogP contribution in [0.4, 0.5) is 0 Å². The van der Waals surface area contributed by atoms with Crippen LogP contribution in [-0.2, 0) is 0 Å². The van der Waals surface area contributed by atoms with Crippen LogP contribution in [0, 0.1) is 11.8 Å². The molecule has 1 fully saturated rings. The smallest absolute Gasteiger partial charge is 0.0578 e. The minimum Gasteiger partial charge on any atom is -0.396 e. The maximum atomic E-state index is 11.4. The minimum absolute atomic E-state index is 0. The normalized spacial score (nSPS) is 21.2. The van der Waals surface area contributed by atoms with Crippen LogP contribution >= 0.6 is 15.8 Å². The topological polar surface area (TPSA) is 40.5 Å². The van der Waals surface area contributed by atoms with Gasteiger partial charge in [-0.25, -0.2) is 0 Å². The third-order valence-corrected chi connectivity index (χ3v) is 13.0. The van der Waals surface area contributed by atoms with Crippen molar-refractivity contribution in [2.24, 2.45) is 11.8 Å². The number of hydrogen-bond donors (Lipinski definition) is 2. The Morgan fingerprint density at radius 1 is 0.595 bits per heavy atom. The summed E-state index contributed by atoms with van der Waals surface area (Å²) >= 11 is 0. The third kappa shape index (κ3) is 6.42. The maximum Gasteiger partial charge on any atom is 0.0578 e. The zero-order valence-electron chi connectivity index (χ0n) is 21.1. The molecule has 4 aromatic carbocycles. The third-order valence-electron chi connectivity index (χ3n) is 7.41. The fourth-order valence-corrected chi connectivity index (χ4v) is 11.9. The van der Waals surface area contributed by atoms with Crippen molar-refractivity contribution >= 4 is 45.5 Å². The van der Waals surface area contributed by atoms with E-state index >= 15 is 0 Å². The van der Waals surface area contributed by atoms with E-state index in [0.717, 1.165) is 12.6 Å². The average Bonchev–Trinajstić information content (AvgIpc) is 3.24. The van der Waals surface area contributed by atoms with Crippen molar-refractivity contribution in [2.75, 3.05) is 12.8 Å². The molecule has 2 nitrogen and oxygen atoms in total. The fraction of sp³-hybridized carbons (Fsp3) is 0.250. The predicted molar refractivity (Wildman–Crippen MR) is 162 cm³/mol. The standard InChI is InChI=1S/C32H34O2P2.B/c33-22-21-29-30(24-35(25-13-5-1-6-14-25)26-15-7-2-8-16-26)32(23-31(29)34)36(27-17-9-3-10-18-27)28-19-11-4-12-20-28;/h1-20,29-34H,21-24H2;/t29?,30-,31?,32-;/m1./s1. The fourth-order valence-electron chi connectivity index (χ4n) is 5.77. The first kappa shape index (κ1) is 27.8. The summed E-state index contributed by atoms with van der Waals surface area (Å²) in [5.41, 5.74) is 0.355. The second-order valence-corrected chi connectivity index (χ2v) is 14.2. The molecule has 5 heteroatoms. The lowest BCUT2D eigenvalue weighted by Gasteiger charge is -2.35. The molecule has 0 amide bonds. The van der Waals surface area contributed by atoms with Gasteiger partial charge in [0.1, 0.15) is 0 Å². The van der Waals surface area contributed by atoms with Gasteiger partial charge in [0.2, 0.25) is 0 Å². The van der Waals surface area contributed by atoms with E-state index in [1.165, 1.54) is 21.2 Å². The van der Waals surface area contributed by atoms with Crippen LogP contribution in [0.3, 0.4) is 0 Å². The molecule has 1 saturated carbocycles. The lowest BCUT2D eigenvalue weighted by molar-refractivity contribution is 0.100. The quantitative estimate of drug-likeness (QED) is 0.249. The number of rotatable bonds is 9. The molecule has 0 aromatic heterocycles. The van der Waals surface area contributed by atoms with Gasteiger partial charge in [-0.15, -0.1) is 0 Å². The van der Waals surface area contributed by atoms with Crippen LogP contribution in [0.15, 0.2) is 121 Å². The Morgan fingerprint density at radius 2 is 1.00 bits per heavy atom. The Morgan fingerprint density at radius 3 is 1.41 bits per heavy atom. The van der Waals surface area contributed by atoms with Gasteiger partial charge in [0.15, 0.2) is 0 Å². The largest absolute Gasteiger partial charge is 0.396 e. The van der Waals surface area contributed by atoms with Crippen molar-refractivity contribution in [3.05, 3.63) is 121 Å². The molecule has 2 N–H and O–H groups in total. The first-order valence-corrected chi connectivity index (χ1v) is 15.8. The van der Waals surface area contributed by atoms with Crippen molar-refractivity contribution in [1.82, 2.24) is 0 Å². The van der Waals surface area contributed by atoms with Crippen molar-refractivity contribution in [2.45, 2.75) is 24.6 Å². The summed E-state index contributed by atoms with van der Waals surface area (Å²) in [4.78, 5) is 0. The molecule has 4 aromatic rings. The van der Waals surface area contributed by atoms with Gasteiger partial charge in [-0.3, -0.25) is 0 Å². The Balaban J connectivity index is 0.00000320. The van der Waals surface area contributed by atoms with Crippen molar-refractivity contribution in [3.8, 4) is 0 Å². The van der Waals surface area contributed by atoms with Crippen LogP contribution in [0.1, 0.15) is 12.8 Å². The maximum absolute atomic E-state index is 11.4. The molecule has 37 heavy (non-hydrogen) atoms. The first-order valence-electron chi connectivity index (χ1n) is 12.8. The number of benzene rings is 4. The Hall–Kier alpha value is -2.28. The van der Waals surface area contributed by atoms with Crippen molar-refractivity contribution in [1.29, 1.82) is 0 Å². The van der Waals surface area contributed by atoms with E-state index in [9.17, 15) is 10.2 Å². The van der Waals surface area contributed by atoms with Gasteiger partial charge in [0.25, 0.3) is 0 Å². The Kier molecular flexibility index (Phi) is 10.1. The van der Waals surface area contributed by atoms with Gasteiger partial charge in [-0.05, 0) is 73.6 Å². The van der Waals surface area contributed by atoms with Crippen molar-refractivity contribution < 1.29 is 10.2 Å². The molecule has 0 saturated heterocycles. The number of hydrogen-bond acceptors (Lipinski definition) is 2. The van der Waals surface area contributed by atoms with Gasteiger partial charge in [0, 0.05) is 15.0 Å². The van der Waals surface area contributed by atoms with E-state index in [1.54, 1.807) is 0 Å². The molecule has 2 unspecified atom stereocenters. The monoisotopic (exact) mass is 523 g/mol. The molecule has 187 valence electrons. The first-order chi connectivity index (χ1) is 17.8. The van der Waals surface area contributed by atoms with Crippen LogP contribution < -0.4 is 21.2 Å². The summed E-state index contributed by atoms with van der Waals surface area (Å²) in [5.74, 6) is 0.431. The van der Waals surface area contributed by atoms with Crippen LogP contribution in [-0.4, -0.2) is 43.2 Å². The molecule has 5 rings (SSSR count). The summed E-state index contributed by atoms with van der Waals surface area (Å²) < 4.78 is 0. The lowest BCUT2D eigenvalue weighted by atomic mass is 9.93. The molecule has 3 radical (unpaired) electrons. The summed E-state index contributed by atoms with van der Waals surface area (Å²) in [5, 5.41) is 26.9. The van der Waals surface area contributed by atoms with Crippen molar-refractivity contribution in [3.63, 3.8) is 0 Å². The van der Waals surface area contributed by atoms with Gasteiger partial charge < -0.3 is 10.2 Å². The SMILES string of the molecule is OCCC1C(O)C[C@@H](P(c2ccccc2)c2ccccc2)[C@@H]1CP(c1ccccc1)c1ccccc1.[B]. The number of aliphatic hydroxyl groups excluding tert-OH is 2. The van der Waals surface area contributed by atoms with E-state index in [2.05, 4.69) is 121 Å². The van der Waals surface area contributed by atoms with E-state index in [4.69, 9.17) is 0 Å². The summed E-state index contributed by atoms with van der Waals surface area (Å²) in [6.07, 6.45) is 2.08. The molecule has 4 atom stereocenters. The van der Waals surface area contributed by atoms with Crippen LogP contribution in [0.2, 0.25) is 0 Å². The molecule has 0 spiro atoms. The molecular weight excluding hydrogens is 489 g/mol. The Labute approximate surface area is 225 Å². The van der Waals surface area contributed by atoms with E-state index in [0.29, 0.717) is 18.0 Å². The average molecular weight is 523 g/mol. The highest BCUT2D eigenvalue weighted by molar-refractivity contribution is 7.74. The predicted octanol–water partition coefficient (Wildman–Crippen LogP) is 4.62. The zero-order chi connectivity index (χ0) is 24.7. The van der Waals surface area contributed by atoms with Gasteiger partial charge >= 0.3 is 0 Å². The molecular formula is C32H34BO2P2. The van der Waals surface area contributed by atoms with Gasteiger partial charge in [-0.1, -0.05) is 121 Å². The molecule has 0 aliphatic heterocycles. The van der Waals surface area contributed by atoms with Crippen LogP contribution in [0.25, 0.3) is 0 Å². The van der Waals surface area contributed by atoms with Gasteiger partial charge in [0.05, 0.1) is 6.10 Å². The lowest BCUT2D eigenvalue weighted by Crippen LogP contribution is -2.32. The molecule has 1 aliphatic rings. The molecule has 1 aliphatic carbocycles. The molecule has 0 bridgehead atoms. The Bertz CT molecular complexity index is 1120. The van der Waals surface area contributed by atoms with E-state index in [-0.39, 0.29) is 27.0 Å². The van der Waals surface area contributed by atoms with E-state index < -0.39 is 15.8 Å². The zero-order valence-corrected chi connectivity index (χ0v) is 22.8. The number of aliphatic hydroxyl groups is 2. The summed E-state index contributed by atoms with van der Waals surface area (Å²) in [7, 11) is -1.24. The highest BCUT2D eigenvalue weighted by Gasteiger charge is 2.46. The van der Waals surface area contributed by atoms with Crippen LogP contribution in [0.5, 0.6) is 0 Å². The molecule has 0 heterocycles. The summed E-state index contributed by atoms with van der Waals surface area (Å²) in [6.45, 7) is 0.119. The second-order valence-electron chi connectivity index (χ2n) is 9.53. The minimum atomic E-state index is -0.655. The highest BCUT2D eigenvalue weighted by Crippen LogP contribution is 2.55. The van der Waals surface area contributed by atoms with Gasteiger partial charge in [-0.2, -0.15) is 0 Å². The summed E-state index contributed by atoms with van der Waals surface area (Å²) in [6, 6.07) is 43.6.